The minimum absolute atomic E-state index is 0.143. The van der Waals surface area contributed by atoms with Gasteiger partial charge < -0.3 is 10.1 Å². The first-order valence-corrected chi connectivity index (χ1v) is 11.6. The van der Waals surface area contributed by atoms with Crippen molar-refractivity contribution in [1.29, 1.82) is 0 Å². The number of carbonyl (C=O) groups excluding carboxylic acids is 2. The van der Waals surface area contributed by atoms with Gasteiger partial charge in [0, 0.05) is 13.1 Å². The normalized spacial score (nSPS) is 20.5. The van der Waals surface area contributed by atoms with Gasteiger partial charge in [-0.25, -0.2) is 13.2 Å². The number of nitrogens with one attached hydrogen (secondary N) is 1. The Labute approximate surface area is 166 Å². The molecule has 154 valence electrons. The summed E-state index contributed by atoms with van der Waals surface area (Å²) in [5.41, 5.74) is 0.819. The molecule has 1 amide bonds. The van der Waals surface area contributed by atoms with E-state index in [1.165, 1.54) is 35.7 Å². The van der Waals surface area contributed by atoms with Gasteiger partial charge in [0.15, 0.2) is 6.10 Å². The number of benzene rings is 1. The summed E-state index contributed by atoms with van der Waals surface area (Å²) in [6.07, 6.45) is 5.66. The molecule has 2 fully saturated rings. The number of anilines is 1. The molecule has 1 atom stereocenters. The van der Waals surface area contributed by atoms with Gasteiger partial charge >= 0.3 is 5.97 Å². The summed E-state index contributed by atoms with van der Waals surface area (Å²) in [5, 5.41) is 2.87. The molecule has 3 rings (SSSR count). The smallest absolute Gasteiger partial charge is 0.338 e. The molecule has 0 bridgehead atoms. The minimum Gasteiger partial charge on any atom is -0.449 e. The summed E-state index contributed by atoms with van der Waals surface area (Å²) in [4.78, 5) is 24.5. The fraction of sp³-hybridized carbons (Fsp3) is 0.600. The molecule has 0 radical (unpaired) electrons. The van der Waals surface area contributed by atoms with E-state index in [2.05, 4.69) is 5.32 Å². The topological polar surface area (TPSA) is 92.8 Å². The first-order valence-electron chi connectivity index (χ1n) is 9.96. The van der Waals surface area contributed by atoms with Crippen molar-refractivity contribution in [1.82, 2.24) is 5.32 Å². The van der Waals surface area contributed by atoms with Crippen LogP contribution in [-0.2, 0) is 19.6 Å². The SMILES string of the molecule is C[C@@H](OC(=O)c1ccc(N2CCCS2(=O)=O)cc1)C(=O)NCC1CCCCC1. The molecule has 2 aliphatic rings. The molecule has 1 aromatic rings. The predicted molar refractivity (Wildman–Crippen MR) is 107 cm³/mol. The molecule has 8 heteroatoms. The van der Waals surface area contributed by atoms with Crippen LogP contribution in [0.5, 0.6) is 0 Å². The molecule has 0 spiro atoms. The largest absolute Gasteiger partial charge is 0.449 e. The van der Waals surface area contributed by atoms with Crippen LogP contribution in [-0.4, -0.2) is 45.2 Å². The van der Waals surface area contributed by atoms with E-state index in [1.54, 1.807) is 19.1 Å². The summed E-state index contributed by atoms with van der Waals surface area (Å²) in [6, 6.07) is 6.23. The van der Waals surface area contributed by atoms with Gasteiger partial charge in [0.1, 0.15) is 0 Å². The number of sulfonamides is 1. The van der Waals surface area contributed by atoms with E-state index in [9.17, 15) is 18.0 Å². The molecule has 1 heterocycles. The van der Waals surface area contributed by atoms with E-state index < -0.39 is 22.1 Å². The Kier molecular flexibility index (Phi) is 6.59. The van der Waals surface area contributed by atoms with Crippen molar-refractivity contribution in [3.05, 3.63) is 29.8 Å². The molecular weight excluding hydrogens is 380 g/mol. The third-order valence-corrected chi connectivity index (χ3v) is 7.30. The van der Waals surface area contributed by atoms with Crippen LogP contribution in [0.3, 0.4) is 0 Å². The molecular formula is C20H28N2O5S. The van der Waals surface area contributed by atoms with Gasteiger partial charge in [-0.2, -0.15) is 0 Å². The van der Waals surface area contributed by atoms with E-state index in [0.717, 1.165) is 12.8 Å². The van der Waals surface area contributed by atoms with Crippen LogP contribution in [0.15, 0.2) is 24.3 Å². The highest BCUT2D eigenvalue weighted by Gasteiger charge is 2.28. The van der Waals surface area contributed by atoms with Gasteiger partial charge in [0.2, 0.25) is 10.0 Å². The van der Waals surface area contributed by atoms with E-state index in [1.807, 2.05) is 0 Å². The van der Waals surface area contributed by atoms with Crippen molar-refractivity contribution in [2.45, 2.75) is 51.6 Å². The van der Waals surface area contributed by atoms with Crippen LogP contribution in [0.4, 0.5) is 5.69 Å². The molecule has 0 unspecified atom stereocenters. The van der Waals surface area contributed by atoms with Crippen LogP contribution in [0, 0.1) is 5.92 Å². The molecule has 1 aromatic carbocycles. The fourth-order valence-electron chi connectivity index (χ4n) is 3.76. The molecule has 1 aliphatic heterocycles. The van der Waals surface area contributed by atoms with Gasteiger partial charge in [-0.15, -0.1) is 0 Å². The predicted octanol–water partition coefficient (Wildman–Crippen LogP) is 2.47. The molecule has 1 saturated heterocycles. The average molecular weight is 409 g/mol. The number of esters is 1. The third-order valence-electron chi connectivity index (χ3n) is 5.43. The van der Waals surface area contributed by atoms with Crippen LogP contribution in [0.25, 0.3) is 0 Å². The minimum atomic E-state index is -3.26. The maximum atomic E-state index is 12.3. The van der Waals surface area contributed by atoms with Crippen molar-refractivity contribution in [3.8, 4) is 0 Å². The van der Waals surface area contributed by atoms with Crippen LogP contribution < -0.4 is 9.62 Å². The second-order valence-electron chi connectivity index (χ2n) is 7.59. The third kappa shape index (κ3) is 5.04. The first kappa shape index (κ1) is 20.6. The Hall–Kier alpha value is -2.09. The summed E-state index contributed by atoms with van der Waals surface area (Å²) in [6.45, 7) is 2.63. The Balaban J connectivity index is 1.51. The zero-order valence-electron chi connectivity index (χ0n) is 16.2. The van der Waals surface area contributed by atoms with Crippen LogP contribution >= 0.6 is 0 Å². The van der Waals surface area contributed by atoms with Gasteiger partial charge in [0.25, 0.3) is 5.91 Å². The highest BCUT2D eigenvalue weighted by atomic mass is 32.2. The first-order chi connectivity index (χ1) is 13.4. The number of carbonyl (C=O) groups is 2. The molecule has 1 aliphatic carbocycles. The van der Waals surface area contributed by atoms with Crippen molar-refractivity contribution in [3.63, 3.8) is 0 Å². The number of ether oxygens (including phenoxy) is 1. The molecule has 0 aromatic heterocycles. The zero-order chi connectivity index (χ0) is 20.1. The molecule has 1 saturated carbocycles. The lowest BCUT2D eigenvalue weighted by Gasteiger charge is -2.22. The highest BCUT2D eigenvalue weighted by molar-refractivity contribution is 7.93. The van der Waals surface area contributed by atoms with Crippen LogP contribution in [0.2, 0.25) is 0 Å². The monoisotopic (exact) mass is 408 g/mol. The number of rotatable bonds is 6. The second-order valence-corrected chi connectivity index (χ2v) is 9.60. The van der Waals surface area contributed by atoms with Crippen molar-refractivity contribution >= 4 is 27.6 Å². The molecule has 7 nitrogen and oxygen atoms in total. The Morgan fingerprint density at radius 3 is 2.43 bits per heavy atom. The zero-order valence-corrected chi connectivity index (χ0v) is 17.0. The Morgan fingerprint density at radius 2 is 1.82 bits per heavy atom. The van der Waals surface area contributed by atoms with E-state index >= 15 is 0 Å². The van der Waals surface area contributed by atoms with E-state index in [-0.39, 0.29) is 17.2 Å². The summed E-state index contributed by atoms with van der Waals surface area (Å²) in [5.74, 6) is -0.241. The lowest BCUT2D eigenvalue weighted by Crippen LogP contribution is -2.38. The highest BCUT2D eigenvalue weighted by Crippen LogP contribution is 2.25. The quantitative estimate of drug-likeness (QED) is 0.730. The lowest BCUT2D eigenvalue weighted by atomic mass is 9.89. The summed E-state index contributed by atoms with van der Waals surface area (Å²) < 4.78 is 30.5. The average Bonchev–Trinajstić information content (AvgIpc) is 3.06. The van der Waals surface area contributed by atoms with Crippen molar-refractivity contribution < 1.29 is 22.7 Å². The lowest BCUT2D eigenvalue weighted by molar-refractivity contribution is -0.129. The number of amides is 1. The van der Waals surface area contributed by atoms with Gasteiger partial charge in [0.05, 0.1) is 17.0 Å². The van der Waals surface area contributed by atoms with Crippen molar-refractivity contribution in [2.24, 2.45) is 5.92 Å². The maximum absolute atomic E-state index is 12.3. The van der Waals surface area contributed by atoms with Gasteiger partial charge in [-0.1, -0.05) is 19.3 Å². The van der Waals surface area contributed by atoms with E-state index in [4.69, 9.17) is 4.74 Å². The van der Waals surface area contributed by atoms with Crippen LogP contribution in [0.1, 0.15) is 55.8 Å². The molecule has 1 N–H and O–H groups in total. The van der Waals surface area contributed by atoms with Crippen molar-refractivity contribution in [2.75, 3.05) is 23.1 Å². The Morgan fingerprint density at radius 1 is 1.14 bits per heavy atom. The maximum Gasteiger partial charge on any atom is 0.338 e. The standard InChI is InChI=1S/C20H28N2O5S/c1-15(19(23)21-14-16-6-3-2-4-7-16)27-20(24)17-8-10-18(11-9-17)22-12-5-13-28(22,25)26/h8-11,15-16H,2-7,12-14H2,1H3,(H,21,23)/t15-/m1/s1. The summed E-state index contributed by atoms with van der Waals surface area (Å²) in [7, 11) is -3.26. The number of nitrogens with zero attached hydrogens (tertiary/aromatic N) is 1. The summed E-state index contributed by atoms with van der Waals surface area (Å²) >= 11 is 0. The van der Waals surface area contributed by atoms with E-state index in [0.29, 0.717) is 31.1 Å². The number of hydrogen-bond acceptors (Lipinski definition) is 5. The number of hydrogen-bond donors (Lipinski definition) is 1. The second kappa shape index (κ2) is 8.94. The van der Waals surface area contributed by atoms with Gasteiger partial charge in [-0.3, -0.25) is 9.10 Å². The molecule has 28 heavy (non-hydrogen) atoms. The fourth-order valence-corrected chi connectivity index (χ4v) is 5.32. The van der Waals surface area contributed by atoms with Gasteiger partial charge in [-0.05, 0) is 56.4 Å². The Bertz CT molecular complexity index is 800.